The molecule has 1 heterocycles. The van der Waals surface area contributed by atoms with Crippen LogP contribution in [0.2, 0.25) is 0 Å². The smallest absolute Gasteiger partial charge is 0.299 e. The third-order valence-corrected chi connectivity index (χ3v) is 6.15. The second kappa shape index (κ2) is 11.9. The fourth-order valence-corrected chi connectivity index (χ4v) is 4.33. The average Bonchev–Trinajstić information content (AvgIpc) is 2.97. The quantitative estimate of drug-likeness (QED) is 0.182. The Morgan fingerprint density at radius 3 is 2.69 bits per heavy atom. The first-order valence-electron chi connectivity index (χ1n) is 11.6. The van der Waals surface area contributed by atoms with Gasteiger partial charge in [-0.25, -0.2) is 0 Å². The number of allylic oxidation sites excluding steroid dienone is 3. The Balaban J connectivity index is 1.92. The number of ether oxygens (including phenoxy) is 1. The van der Waals surface area contributed by atoms with Crippen molar-refractivity contribution < 1.29 is 9.53 Å². The van der Waals surface area contributed by atoms with E-state index in [0.29, 0.717) is 5.92 Å². The van der Waals surface area contributed by atoms with E-state index in [4.69, 9.17) is 5.26 Å². The molecule has 1 aliphatic heterocycles. The standard InChI is InChI=1S/C28H32N2O2/c1-3-5-9-22(4-2)20-30-27-13-7-6-11-24(27)15-16-25-18-23(14-17-28(25)30)10-8-12-26(19-29)32-21-31/h6-8,10-14,17-18,21-22H,3-5,9,15-16,20H2,1-2H3/b10-8+,26-12-. The molecule has 0 saturated heterocycles. The first-order chi connectivity index (χ1) is 15.7. The van der Waals surface area contributed by atoms with Gasteiger partial charge in [-0.1, -0.05) is 69.5 Å². The molecule has 166 valence electrons. The van der Waals surface area contributed by atoms with E-state index in [2.05, 4.69) is 65.9 Å². The zero-order valence-electron chi connectivity index (χ0n) is 19.1. The lowest BCUT2D eigenvalue weighted by molar-refractivity contribution is -0.124. The molecule has 4 nitrogen and oxygen atoms in total. The van der Waals surface area contributed by atoms with E-state index in [-0.39, 0.29) is 12.2 Å². The number of nitrogens with zero attached hydrogens (tertiary/aromatic N) is 2. The van der Waals surface area contributed by atoms with Crippen LogP contribution >= 0.6 is 0 Å². The Morgan fingerprint density at radius 2 is 1.94 bits per heavy atom. The number of para-hydroxylation sites is 1. The maximum atomic E-state index is 10.4. The van der Waals surface area contributed by atoms with E-state index in [0.717, 1.165) is 24.9 Å². The number of benzene rings is 2. The highest BCUT2D eigenvalue weighted by atomic mass is 16.5. The topological polar surface area (TPSA) is 53.3 Å². The van der Waals surface area contributed by atoms with Gasteiger partial charge in [0.05, 0.1) is 0 Å². The van der Waals surface area contributed by atoms with Crippen LogP contribution in [0.5, 0.6) is 0 Å². The summed E-state index contributed by atoms with van der Waals surface area (Å²) in [5.41, 5.74) is 6.42. The molecule has 0 aliphatic carbocycles. The lowest BCUT2D eigenvalue weighted by Gasteiger charge is -2.31. The number of rotatable bonds is 10. The zero-order chi connectivity index (χ0) is 22.8. The fourth-order valence-electron chi connectivity index (χ4n) is 4.33. The molecule has 3 rings (SSSR count). The van der Waals surface area contributed by atoms with Gasteiger partial charge in [-0.3, -0.25) is 4.79 Å². The summed E-state index contributed by atoms with van der Waals surface area (Å²) in [7, 11) is 0. The molecule has 0 aromatic heterocycles. The lowest BCUT2D eigenvalue weighted by atomic mass is 9.97. The summed E-state index contributed by atoms with van der Waals surface area (Å²) < 4.78 is 4.62. The minimum Gasteiger partial charge on any atom is -0.417 e. The predicted octanol–water partition coefficient (Wildman–Crippen LogP) is 6.73. The number of fused-ring (bicyclic) bond motifs is 2. The van der Waals surface area contributed by atoms with Gasteiger partial charge >= 0.3 is 0 Å². The van der Waals surface area contributed by atoms with Crippen LogP contribution in [0.1, 0.15) is 56.2 Å². The van der Waals surface area contributed by atoms with Gasteiger partial charge in [0.2, 0.25) is 5.76 Å². The van der Waals surface area contributed by atoms with Crippen LogP contribution in [-0.2, 0) is 22.4 Å². The molecule has 32 heavy (non-hydrogen) atoms. The molecule has 2 aromatic carbocycles. The molecule has 0 amide bonds. The molecule has 4 heteroatoms. The largest absolute Gasteiger partial charge is 0.417 e. The van der Waals surface area contributed by atoms with E-state index in [9.17, 15) is 4.79 Å². The molecule has 2 aromatic rings. The lowest BCUT2D eigenvalue weighted by Crippen LogP contribution is -2.26. The number of nitriles is 1. The Hall–Kier alpha value is -3.32. The fraction of sp³-hybridized carbons (Fsp3) is 0.357. The van der Waals surface area contributed by atoms with E-state index in [1.165, 1.54) is 54.3 Å². The highest BCUT2D eigenvalue weighted by Gasteiger charge is 2.22. The van der Waals surface area contributed by atoms with Crippen LogP contribution in [-0.4, -0.2) is 13.0 Å². The second-order valence-electron chi connectivity index (χ2n) is 8.26. The van der Waals surface area contributed by atoms with Crippen LogP contribution in [0, 0.1) is 17.2 Å². The normalized spacial score (nSPS) is 14.3. The summed E-state index contributed by atoms with van der Waals surface area (Å²) in [5.74, 6) is 0.645. The van der Waals surface area contributed by atoms with Gasteiger partial charge in [0.1, 0.15) is 6.07 Å². The minimum atomic E-state index is -0.0229. The predicted molar refractivity (Wildman–Crippen MR) is 130 cm³/mol. The first-order valence-corrected chi connectivity index (χ1v) is 11.6. The summed E-state index contributed by atoms with van der Waals surface area (Å²) >= 11 is 0. The molecule has 0 saturated carbocycles. The van der Waals surface area contributed by atoms with Gasteiger partial charge < -0.3 is 9.64 Å². The molecule has 0 N–H and O–H groups in total. The number of hydrogen-bond donors (Lipinski definition) is 0. The number of carbonyl (C=O) groups is 1. The van der Waals surface area contributed by atoms with Crippen molar-refractivity contribution >= 4 is 23.9 Å². The second-order valence-corrected chi connectivity index (χ2v) is 8.26. The number of unbranched alkanes of at least 4 members (excludes halogenated alkanes) is 1. The van der Waals surface area contributed by atoms with Gasteiger partial charge in [0.25, 0.3) is 6.47 Å². The van der Waals surface area contributed by atoms with Crippen LogP contribution in [0.25, 0.3) is 6.08 Å². The summed E-state index contributed by atoms with van der Waals surface area (Å²) in [6.45, 7) is 5.86. The molecule has 0 bridgehead atoms. The highest BCUT2D eigenvalue weighted by Crippen LogP contribution is 2.38. The maximum absolute atomic E-state index is 10.4. The monoisotopic (exact) mass is 428 g/mol. The Labute approximate surface area is 191 Å². The van der Waals surface area contributed by atoms with Crippen LogP contribution in [0.4, 0.5) is 11.4 Å². The van der Waals surface area contributed by atoms with Gasteiger partial charge in [0, 0.05) is 17.9 Å². The van der Waals surface area contributed by atoms with Crippen molar-refractivity contribution in [1.29, 1.82) is 5.26 Å². The van der Waals surface area contributed by atoms with Gasteiger partial charge in [-0.15, -0.1) is 0 Å². The molecular weight excluding hydrogens is 396 g/mol. The van der Waals surface area contributed by atoms with Crippen molar-refractivity contribution in [3.63, 3.8) is 0 Å². The average molecular weight is 429 g/mol. The van der Waals surface area contributed by atoms with E-state index < -0.39 is 0 Å². The van der Waals surface area contributed by atoms with Crippen molar-refractivity contribution in [2.24, 2.45) is 5.92 Å². The highest BCUT2D eigenvalue weighted by molar-refractivity contribution is 5.73. The Morgan fingerprint density at radius 1 is 1.16 bits per heavy atom. The minimum absolute atomic E-state index is 0.0229. The van der Waals surface area contributed by atoms with Gasteiger partial charge in [-0.2, -0.15) is 5.26 Å². The first kappa shape index (κ1) is 23.3. The number of aryl methyl sites for hydroxylation is 2. The van der Waals surface area contributed by atoms with Crippen molar-refractivity contribution in [1.82, 2.24) is 0 Å². The van der Waals surface area contributed by atoms with E-state index in [1.54, 1.807) is 6.08 Å². The molecular formula is C28H32N2O2. The van der Waals surface area contributed by atoms with Crippen molar-refractivity contribution in [3.8, 4) is 6.07 Å². The molecule has 0 fully saturated rings. The molecule has 0 spiro atoms. The summed E-state index contributed by atoms with van der Waals surface area (Å²) in [6.07, 6.45) is 12.1. The van der Waals surface area contributed by atoms with Gasteiger partial charge in [-0.05, 0) is 66.1 Å². The van der Waals surface area contributed by atoms with Crippen LogP contribution in [0.15, 0.2) is 60.4 Å². The van der Waals surface area contributed by atoms with E-state index in [1.807, 2.05) is 12.1 Å². The van der Waals surface area contributed by atoms with Crippen molar-refractivity contribution in [2.75, 3.05) is 11.4 Å². The number of hydrogen-bond acceptors (Lipinski definition) is 4. The number of anilines is 2. The summed E-state index contributed by atoms with van der Waals surface area (Å²) in [5, 5.41) is 8.96. The van der Waals surface area contributed by atoms with Crippen molar-refractivity contribution in [2.45, 2.75) is 52.4 Å². The number of carbonyl (C=O) groups excluding carboxylic acids is 1. The third kappa shape index (κ3) is 5.88. The van der Waals surface area contributed by atoms with Crippen LogP contribution in [0.3, 0.4) is 0 Å². The summed E-state index contributed by atoms with van der Waals surface area (Å²) in [4.78, 5) is 13.0. The van der Waals surface area contributed by atoms with Crippen molar-refractivity contribution in [3.05, 3.63) is 77.1 Å². The Kier molecular flexibility index (Phi) is 8.69. The molecule has 1 aliphatic rings. The van der Waals surface area contributed by atoms with Crippen LogP contribution < -0.4 is 4.90 Å². The third-order valence-electron chi connectivity index (χ3n) is 6.15. The van der Waals surface area contributed by atoms with E-state index >= 15 is 0 Å². The summed E-state index contributed by atoms with van der Waals surface area (Å²) in [6, 6.07) is 17.2. The maximum Gasteiger partial charge on any atom is 0.299 e. The molecule has 0 radical (unpaired) electrons. The molecule has 1 unspecified atom stereocenters. The Bertz CT molecular complexity index is 1020. The van der Waals surface area contributed by atoms with Gasteiger partial charge in [0.15, 0.2) is 0 Å². The zero-order valence-corrected chi connectivity index (χ0v) is 19.1. The molecule has 1 atom stereocenters. The SMILES string of the molecule is CCCCC(CC)CN1c2ccccc2CCc2cc(/C=C/C=C(/C#N)OC=O)ccc21.